The fourth-order valence-corrected chi connectivity index (χ4v) is 2.05. The van der Waals surface area contributed by atoms with Crippen molar-refractivity contribution in [3.63, 3.8) is 0 Å². The molecular formula is C10H15N5O. The lowest BCUT2D eigenvalue weighted by atomic mass is 10.2. The van der Waals surface area contributed by atoms with Crippen LogP contribution >= 0.6 is 0 Å². The molecule has 86 valence electrons. The number of nitrogens with zero attached hydrogens (tertiary/aromatic N) is 3. The molecule has 0 aromatic carbocycles. The Bertz CT molecular complexity index is 395. The number of amidine groups is 1. The van der Waals surface area contributed by atoms with Crippen LogP contribution in [0, 0.1) is 5.41 Å². The van der Waals surface area contributed by atoms with E-state index >= 15 is 0 Å². The highest BCUT2D eigenvalue weighted by Crippen LogP contribution is 2.25. The molecule has 1 fully saturated rings. The van der Waals surface area contributed by atoms with Gasteiger partial charge in [-0.2, -0.15) is 5.10 Å². The fourth-order valence-electron chi connectivity index (χ4n) is 2.05. The van der Waals surface area contributed by atoms with Gasteiger partial charge in [0.1, 0.15) is 5.84 Å². The average Bonchev–Trinajstić information content (AvgIpc) is 2.76. The van der Waals surface area contributed by atoms with Gasteiger partial charge < -0.3 is 15.7 Å². The highest BCUT2D eigenvalue weighted by Gasteiger charge is 2.27. The lowest BCUT2D eigenvalue weighted by Gasteiger charge is -2.25. The maximum absolute atomic E-state index is 9.25. The second-order valence-corrected chi connectivity index (χ2v) is 3.85. The number of aliphatic hydroxyl groups excluding tert-OH is 1. The quantitative estimate of drug-likeness (QED) is 0.481. The Labute approximate surface area is 93.6 Å². The molecule has 0 bridgehead atoms. The maximum Gasteiger partial charge on any atom is 0.162 e. The minimum Gasteiger partial charge on any atom is -0.394 e. The van der Waals surface area contributed by atoms with Crippen molar-refractivity contribution in [2.45, 2.75) is 18.9 Å². The van der Waals surface area contributed by atoms with Crippen molar-refractivity contribution in [1.29, 1.82) is 5.41 Å². The second kappa shape index (κ2) is 4.44. The van der Waals surface area contributed by atoms with Crippen LogP contribution in [-0.4, -0.2) is 40.3 Å². The summed E-state index contributed by atoms with van der Waals surface area (Å²) in [6.45, 7) is 0.915. The monoisotopic (exact) mass is 221 g/mol. The third-order valence-electron chi connectivity index (χ3n) is 2.85. The van der Waals surface area contributed by atoms with Gasteiger partial charge in [0.2, 0.25) is 0 Å². The summed E-state index contributed by atoms with van der Waals surface area (Å²) >= 11 is 0. The zero-order chi connectivity index (χ0) is 11.5. The molecule has 1 atom stereocenters. The fraction of sp³-hybridized carbons (Fsp3) is 0.500. The van der Waals surface area contributed by atoms with E-state index in [1.54, 1.807) is 6.07 Å². The SMILES string of the molecule is N=C(N)c1ccnnc1N1CCCC1CO. The van der Waals surface area contributed by atoms with Gasteiger partial charge in [-0.25, -0.2) is 0 Å². The Morgan fingerprint density at radius 3 is 3.19 bits per heavy atom. The van der Waals surface area contributed by atoms with E-state index in [1.807, 2.05) is 4.90 Å². The van der Waals surface area contributed by atoms with Gasteiger partial charge in [-0.1, -0.05) is 0 Å². The molecule has 0 saturated carbocycles. The number of hydrogen-bond acceptors (Lipinski definition) is 5. The molecule has 6 nitrogen and oxygen atoms in total. The van der Waals surface area contributed by atoms with Crippen LogP contribution in [0.4, 0.5) is 5.82 Å². The number of nitrogens with one attached hydrogen (secondary N) is 1. The molecule has 6 heteroatoms. The van der Waals surface area contributed by atoms with Crippen LogP contribution in [0.15, 0.2) is 12.3 Å². The topological polar surface area (TPSA) is 99.1 Å². The summed E-state index contributed by atoms with van der Waals surface area (Å²) < 4.78 is 0. The van der Waals surface area contributed by atoms with Crippen molar-refractivity contribution in [1.82, 2.24) is 10.2 Å². The van der Waals surface area contributed by atoms with Gasteiger partial charge in [0, 0.05) is 6.54 Å². The number of rotatable bonds is 3. The van der Waals surface area contributed by atoms with Gasteiger partial charge in [-0.3, -0.25) is 5.41 Å². The molecule has 4 N–H and O–H groups in total. The first-order chi connectivity index (χ1) is 7.74. The number of nitrogen functional groups attached to an aromatic ring is 1. The Kier molecular flexibility index (Phi) is 3.00. The normalized spacial score (nSPS) is 20.1. The molecule has 0 amide bonds. The zero-order valence-corrected chi connectivity index (χ0v) is 8.93. The number of hydrogen-bond donors (Lipinski definition) is 3. The summed E-state index contributed by atoms with van der Waals surface area (Å²) in [6.07, 6.45) is 3.47. The largest absolute Gasteiger partial charge is 0.394 e. The van der Waals surface area contributed by atoms with Gasteiger partial charge in [0.25, 0.3) is 0 Å². The first-order valence-electron chi connectivity index (χ1n) is 5.27. The van der Waals surface area contributed by atoms with Crippen LogP contribution in [0.3, 0.4) is 0 Å². The van der Waals surface area contributed by atoms with E-state index in [2.05, 4.69) is 10.2 Å². The highest BCUT2D eigenvalue weighted by molar-refractivity contribution is 5.99. The summed E-state index contributed by atoms with van der Waals surface area (Å²) in [5.74, 6) is 0.583. The minimum absolute atomic E-state index is 0.0199. The lowest BCUT2D eigenvalue weighted by molar-refractivity contribution is 0.266. The minimum atomic E-state index is -0.0199. The number of nitrogens with two attached hydrogens (primary N) is 1. The van der Waals surface area contributed by atoms with E-state index < -0.39 is 0 Å². The van der Waals surface area contributed by atoms with E-state index in [-0.39, 0.29) is 18.5 Å². The molecular weight excluding hydrogens is 206 g/mol. The van der Waals surface area contributed by atoms with Crippen LogP contribution in [0.25, 0.3) is 0 Å². The first kappa shape index (κ1) is 10.8. The zero-order valence-electron chi connectivity index (χ0n) is 8.93. The van der Waals surface area contributed by atoms with Gasteiger partial charge in [0.05, 0.1) is 24.4 Å². The first-order valence-corrected chi connectivity index (χ1v) is 5.27. The molecule has 16 heavy (non-hydrogen) atoms. The summed E-state index contributed by atoms with van der Waals surface area (Å²) in [5, 5.41) is 24.6. The Hall–Kier alpha value is -1.69. The second-order valence-electron chi connectivity index (χ2n) is 3.85. The molecule has 0 spiro atoms. The van der Waals surface area contributed by atoms with Crippen LogP contribution < -0.4 is 10.6 Å². The molecule has 1 aliphatic heterocycles. The summed E-state index contributed by atoms with van der Waals surface area (Å²) in [6, 6.07) is 1.74. The Balaban J connectivity index is 2.35. The van der Waals surface area contributed by atoms with Crippen LogP contribution in [0.1, 0.15) is 18.4 Å². The third-order valence-corrected chi connectivity index (χ3v) is 2.85. The molecule has 0 radical (unpaired) electrons. The molecule has 1 saturated heterocycles. The van der Waals surface area contributed by atoms with E-state index in [4.69, 9.17) is 11.1 Å². The Morgan fingerprint density at radius 2 is 2.50 bits per heavy atom. The van der Waals surface area contributed by atoms with Crippen molar-refractivity contribution in [3.8, 4) is 0 Å². The molecule has 1 aromatic heterocycles. The summed E-state index contributed by atoms with van der Waals surface area (Å²) in [5.41, 5.74) is 6.07. The lowest BCUT2D eigenvalue weighted by Crippen LogP contribution is -2.34. The van der Waals surface area contributed by atoms with E-state index in [0.29, 0.717) is 11.4 Å². The molecule has 1 unspecified atom stereocenters. The summed E-state index contributed by atoms with van der Waals surface area (Å²) in [4.78, 5) is 1.98. The number of anilines is 1. The van der Waals surface area contributed by atoms with E-state index in [1.165, 1.54) is 6.20 Å². The van der Waals surface area contributed by atoms with Crippen molar-refractivity contribution in [3.05, 3.63) is 17.8 Å². The van der Waals surface area contributed by atoms with Crippen molar-refractivity contribution in [2.24, 2.45) is 5.73 Å². The molecule has 2 heterocycles. The number of aliphatic hydroxyl groups is 1. The summed E-state index contributed by atoms with van der Waals surface area (Å²) in [7, 11) is 0. The molecule has 1 aromatic rings. The highest BCUT2D eigenvalue weighted by atomic mass is 16.3. The molecule has 2 rings (SSSR count). The average molecular weight is 221 g/mol. The van der Waals surface area contributed by atoms with Crippen LogP contribution in [-0.2, 0) is 0 Å². The van der Waals surface area contributed by atoms with Gasteiger partial charge >= 0.3 is 0 Å². The molecule has 1 aliphatic rings. The van der Waals surface area contributed by atoms with Gasteiger partial charge in [0.15, 0.2) is 5.82 Å². The third kappa shape index (κ3) is 1.83. The van der Waals surface area contributed by atoms with Crippen molar-refractivity contribution in [2.75, 3.05) is 18.1 Å². The van der Waals surface area contributed by atoms with Gasteiger partial charge in [-0.15, -0.1) is 5.10 Å². The van der Waals surface area contributed by atoms with Crippen molar-refractivity contribution >= 4 is 11.7 Å². The maximum atomic E-state index is 9.25. The Morgan fingerprint density at radius 1 is 1.69 bits per heavy atom. The van der Waals surface area contributed by atoms with Crippen LogP contribution in [0.2, 0.25) is 0 Å². The van der Waals surface area contributed by atoms with Crippen LogP contribution in [0.5, 0.6) is 0 Å². The van der Waals surface area contributed by atoms with E-state index in [0.717, 1.165) is 19.4 Å². The predicted octanol–water partition coefficient (Wildman–Crippen LogP) is -0.278. The van der Waals surface area contributed by atoms with E-state index in [9.17, 15) is 5.11 Å². The van der Waals surface area contributed by atoms with Gasteiger partial charge in [-0.05, 0) is 18.9 Å². The molecule has 0 aliphatic carbocycles. The predicted molar refractivity (Wildman–Crippen MR) is 60.5 cm³/mol. The standard InChI is InChI=1S/C10H15N5O/c11-9(12)8-3-4-13-14-10(8)15-5-1-2-7(15)6-16/h3-4,7,16H,1-2,5-6H2,(H3,11,12). The number of aromatic nitrogens is 2. The smallest absolute Gasteiger partial charge is 0.162 e. The van der Waals surface area contributed by atoms with Crippen molar-refractivity contribution < 1.29 is 5.11 Å².